The first-order valence-electron chi connectivity index (χ1n) is 4.06. The molecule has 0 unspecified atom stereocenters. The quantitative estimate of drug-likeness (QED) is 0.751. The van der Waals surface area contributed by atoms with Gasteiger partial charge in [-0.2, -0.15) is 4.37 Å². The number of aryl methyl sites for hydroxylation is 1. The van der Waals surface area contributed by atoms with Crippen molar-refractivity contribution in [2.75, 3.05) is 0 Å². The summed E-state index contributed by atoms with van der Waals surface area (Å²) in [6, 6.07) is 7.69. The third kappa shape index (κ3) is 1.85. The predicted molar refractivity (Wildman–Crippen MR) is 65.0 cm³/mol. The summed E-state index contributed by atoms with van der Waals surface area (Å²) in [4.78, 5) is 1.19. The van der Waals surface area contributed by atoms with Crippen LogP contribution in [0.2, 0.25) is 5.02 Å². The van der Waals surface area contributed by atoms with Crippen molar-refractivity contribution in [1.82, 2.24) is 4.37 Å². The Morgan fingerprint density at radius 3 is 2.43 bits per heavy atom. The molecule has 0 N–H and O–H groups in total. The number of hydrogen-bond acceptors (Lipinski definition) is 2. The highest BCUT2D eigenvalue weighted by Crippen LogP contribution is 2.32. The standard InChI is InChI=1S/C10H7BrClNS/c1-6-9(11)10(13-14-6)7-2-4-8(12)5-3-7/h2-5H,1H3. The van der Waals surface area contributed by atoms with Crippen molar-refractivity contribution in [1.29, 1.82) is 0 Å². The van der Waals surface area contributed by atoms with E-state index < -0.39 is 0 Å². The maximum absolute atomic E-state index is 5.81. The summed E-state index contributed by atoms with van der Waals surface area (Å²) in [5.74, 6) is 0. The summed E-state index contributed by atoms with van der Waals surface area (Å²) in [6.07, 6.45) is 0. The van der Waals surface area contributed by atoms with E-state index in [4.69, 9.17) is 11.6 Å². The topological polar surface area (TPSA) is 12.9 Å². The average molecular weight is 289 g/mol. The van der Waals surface area contributed by atoms with Gasteiger partial charge in [-0.1, -0.05) is 23.7 Å². The van der Waals surface area contributed by atoms with E-state index in [1.165, 1.54) is 16.4 Å². The fraction of sp³-hybridized carbons (Fsp3) is 0.100. The van der Waals surface area contributed by atoms with Crippen LogP contribution < -0.4 is 0 Å². The molecule has 0 amide bonds. The van der Waals surface area contributed by atoms with Crippen LogP contribution in [0.4, 0.5) is 0 Å². The molecule has 1 aromatic carbocycles. The maximum atomic E-state index is 5.81. The van der Waals surface area contributed by atoms with E-state index in [1.807, 2.05) is 31.2 Å². The van der Waals surface area contributed by atoms with Gasteiger partial charge in [-0.15, -0.1) is 0 Å². The summed E-state index contributed by atoms with van der Waals surface area (Å²) in [7, 11) is 0. The molecule has 2 rings (SSSR count). The molecule has 2 aromatic rings. The fourth-order valence-corrected chi connectivity index (χ4v) is 2.53. The van der Waals surface area contributed by atoms with E-state index in [-0.39, 0.29) is 0 Å². The van der Waals surface area contributed by atoms with Gasteiger partial charge in [0.05, 0.1) is 10.2 Å². The van der Waals surface area contributed by atoms with Crippen molar-refractivity contribution in [2.24, 2.45) is 0 Å². The fourth-order valence-electron chi connectivity index (χ4n) is 1.15. The summed E-state index contributed by atoms with van der Waals surface area (Å²) in [6.45, 7) is 2.04. The lowest BCUT2D eigenvalue weighted by atomic mass is 10.1. The molecule has 1 aromatic heterocycles. The van der Waals surface area contributed by atoms with Crippen LogP contribution in [0.1, 0.15) is 4.88 Å². The van der Waals surface area contributed by atoms with Gasteiger partial charge in [-0.3, -0.25) is 0 Å². The maximum Gasteiger partial charge on any atom is 0.0985 e. The first-order chi connectivity index (χ1) is 6.68. The molecule has 72 valence electrons. The normalized spacial score (nSPS) is 10.5. The highest BCUT2D eigenvalue weighted by atomic mass is 79.9. The second-order valence-electron chi connectivity index (χ2n) is 2.91. The molecule has 14 heavy (non-hydrogen) atoms. The summed E-state index contributed by atoms with van der Waals surface area (Å²) < 4.78 is 5.44. The van der Waals surface area contributed by atoms with E-state index in [0.29, 0.717) is 0 Å². The van der Waals surface area contributed by atoms with Gasteiger partial charge in [0.2, 0.25) is 0 Å². The highest BCUT2D eigenvalue weighted by Gasteiger charge is 2.09. The number of hydrogen-bond donors (Lipinski definition) is 0. The van der Waals surface area contributed by atoms with Crippen LogP contribution >= 0.6 is 39.1 Å². The Balaban J connectivity index is 2.49. The molecule has 0 radical (unpaired) electrons. The van der Waals surface area contributed by atoms with E-state index >= 15 is 0 Å². The Labute approximate surface area is 100 Å². The lowest BCUT2D eigenvalue weighted by Crippen LogP contribution is -1.77. The van der Waals surface area contributed by atoms with Crippen LogP contribution in [0, 0.1) is 6.92 Å². The largest absolute Gasteiger partial charge is 0.191 e. The average Bonchev–Trinajstić information content (AvgIpc) is 2.50. The van der Waals surface area contributed by atoms with Crippen molar-refractivity contribution in [2.45, 2.75) is 6.92 Å². The van der Waals surface area contributed by atoms with Gasteiger partial charge in [0.1, 0.15) is 0 Å². The first-order valence-corrected chi connectivity index (χ1v) is 6.00. The SMILES string of the molecule is Cc1snc(-c2ccc(Cl)cc2)c1Br. The van der Waals surface area contributed by atoms with Gasteiger partial charge in [-0.25, -0.2) is 0 Å². The van der Waals surface area contributed by atoms with Gasteiger partial charge >= 0.3 is 0 Å². The Bertz CT molecular complexity index is 450. The van der Waals surface area contributed by atoms with Gasteiger partial charge < -0.3 is 0 Å². The van der Waals surface area contributed by atoms with Gasteiger partial charge in [0.25, 0.3) is 0 Å². The van der Waals surface area contributed by atoms with Crippen LogP contribution in [-0.2, 0) is 0 Å². The third-order valence-electron chi connectivity index (χ3n) is 1.91. The zero-order valence-electron chi connectivity index (χ0n) is 7.42. The summed E-state index contributed by atoms with van der Waals surface area (Å²) in [5.41, 5.74) is 2.08. The van der Waals surface area contributed by atoms with E-state index in [9.17, 15) is 0 Å². The third-order valence-corrected chi connectivity index (χ3v) is 4.15. The van der Waals surface area contributed by atoms with Gasteiger partial charge in [-0.05, 0) is 46.5 Å². The molecule has 0 atom stereocenters. The predicted octanol–water partition coefficient (Wildman–Crippen LogP) is 4.53. The molecule has 0 saturated heterocycles. The number of halogens is 2. The van der Waals surface area contributed by atoms with Crippen molar-refractivity contribution in [3.63, 3.8) is 0 Å². The minimum absolute atomic E-state index is 0.747. The Kier molecular flexibility index (Phi) is 2.91. The lowest BCUT2D eigenvalue weighted by Gasteiger charge is -1.97. The smallest absolute Gasteiger partial charge is 0.0985 e. The van der Waals surface area contributed by atoms with Crippen LogP contribution in [0.3, 0.4) is 0 Å². The van der Waals surface area contributed by atoms with Crippen molar-refractivity contribution in [3.05, 3.63) is 38.6 Å². The second kappa shape index (κ2) is 4.01. The zero-order valence-corrected chi connectivity index (χ0v) is 10.6. The van der Waals surface area contributed by atoms with Gasteiger partial charge in [0.15, 0.2) is 0 Å². The Morgan fingerprint density at radius 1 is 1.29 bits per heavy atom. The molecule has 0 aliphatic rings. The minimum atomic E-state index is 0.747. The molecule has 1 nitrogen and oxygen atoms in total. The van der Waals surface area contributed by atoms with E-state index in [1.54, 1.807) is 0 Å². The monoisotopic (exact) mass is 287 g/mol. The number of nitrogens with zero attached hydrogens (tertiary/aromatic N) is 1. The van der Waals surface area contributed by atoms with Crippen molar-refractivity contribution < 1.29 is 0 Å². The number of aromatic nitrogens is 1. The van der Waals surface area contributed by atoms with Crippen LogP contribution in [0.25, 0.3) is 11.3 Å². The van der Waals surface area contributed by atoms with Crippen LogP contribution in [0.5, 0.6) is 0 Å². The molecule has 1 heterocycles. The Morgan fingerprint density at radius 2 is 1.93 bits per heavy atom. The molecule has 0 saturated carbocycles. The molecule has 0 fully saturated rings. The van der Waals surface area contributed by atoms with Crippen LogP contribution in [-0.4, -0.2) is 4.37 Å². The summed E-state index contributed by atoms with van der Waals surface area (Å²) in [5, 5.41) is 0.747. The minimum Gasteiger partial charge on any atom is -0.191 e. The van der Waals surface area contributed by atoms with Crippen LogP contribution in [0.15, 0.2) is 28.7 Å². The molecule has 0 bridgehead atoms. The van der Waals surface area contributed by atoms with Crippen molar-refractivity contribution >= 4 is 39.1 Å². The number of rotatable bonds is 1. The second-order valence-corrected chi connectivity index (χ2v) is 5.12. The van der Waals surface area contributed by atoms with E-state index in [0.717, 1.165) is 20.8 Å². The lowest BCUT2D eigenvalue weighted by molar-refractivity contribution is 1.48. The highest BCUT2D eigenvalue weighted by molar-refractivity contribution is 9.10. The van der Waals surface area contributed by atoms with E-state index in [2.05, 4.69) is 20.3 Å². The molecule has 0 aliphatic heterocycles. The molecule has 4 heteroatoms. The van der Waals surface area contributed by atoms with Gasteiger partial charge in [0, 0.05) is 15.5 Å². The number of benzene rings is 1. The molecular formula is C10H7BrClNS. The first kappa shape index (κ1) is 10.1. The zero-order chi connectivity index (χ0) is 10.1. The van der Waals surface area contributed by atoms with Crippen molar-refractivity contribution in [3.8, 4) is 11.3 Å². The molecule has 0 aliphatic carbocycles. The summed E-state index contributed by atoms with van der Waals surface area (Å²) >= 11 is 10.8. The molecule has 0 spiro atoms. The Hall–Kier alpha value is -0.380. The molecular weight excluding hydrogens is 282 g/mol.